The van der Waals surface area contributed by atoms with Crippen LogP contribution in [0.3, 0.4) is 0 Å². The van der Waals surface area contributed by atoms with Crippen LogP contribution in [0, 0.1) is 5.92 Å². The first-order valence-corrected chi connectivity index (χ1v) is 5.64. The van der Waals surface area contributed by atoms with Crippen LogP contribution in [0.5, 0.6) is 0 Å². The summed E-state index contributed by atoms with van der Waals surface area (Å²) in [5, 5.41) is 3.56. The van der Waals surface area contributed by atoms with Crippen molar-refractivity contribution in [3.05, 3.63) is 18.0 Å². The number of rotatable bonds is 2. The van der Waals surface area contributed by atoms with E-state index in [0.717, 1.165) is 19.4 Å². The van der Waals surface area contributed by atoms with Crippen molar-refractivity contribution in [3.63, 3.8) is 0 Å². The smallest absolute Gasteiger partial charge is 0.292 e. The molecule has 0 radical (unpaired) electrons. The summed E-state index contributed by atoms with van der Waals surface area (Å²) in [5.74, 6) is 0.635. The van der Waals surface area contributed by atoms with Gasteiger partial charge >= 0.3 is 0 Å². The molecule has 0 aliphatic carbocycles. The van der Waals surface area contributed by atoms with Crippen molar-refractivity contribution >= 4 is 5.91 Å². The van der Waals surface area contributed by atoms with Gasteiger partial charge in [0.2, 0.25) is 5.76 Å². The molecule has 1 aliphatic rings. The van der Waals surface area contributed by atoms with Crippen molar-refractivity contribution in [2.24, 2.45) is 11.7 Å². The van der Waals surface area contributed by atoms with Crippen LogP contribution in [0.1, 0.15) is 30.3 Å². The van der Waals surface area contributed by atoms with Crippen molar-refractivity contribution in [2.45, 2.75) is 25.8 Å². The van der Waals surface area contributed by atoms with Gasteiger partial charge in [0, 0.05) is 18.7 Å². The second kappa shape index (κ2) is 4.65. The van der Waals surface area contributed by atoms with Crippen LogP contribution in [0.25, 0.3) is 0 Å². The second-order valence-electron chi connectivity index (χ2n) is 4.36. The summed E-state index contributed by atoms with van der Waals surface area (Å²) in [6.45, 7) is 3.41. The lowest BCUT2D eigenvalue weighted by Gasteiger charge is -2.37. The van der Waals surface area contributed by atoms with Gasteiger partial charge in [-0.3, -0.25) is 4.79 Å². The van der Waals surface area contributed by atoms with Gasteiger partial charge in [0.15, 0.2) is 0 Å². The lowest BCUT2D eigenvalue weighted by molar-refractivity contribution is 0.0525. The lowest BCUT2D eigenvalue weighted by Crippen LogP contribution is -2.47. The van der Waals surface area contributed by atoms with Crippen molar-refractivity contribution in [2.75, 3.05) is 13.1 Å². The van der Waals surface area contributed by atoms with Crippen molar-refractivity contribution in [1.82, 2.24) is 10.1 Å². The van der Waals surface area contributed by atoms with E-state index in [1.54, 1.807) is 6.07 Å². The highest BCUT2D eigenvalue weighted by atomic mass is 16.5. The third-order valence-electron chi connectivity index (χ3n) is 3.22. The van der Waals surface area contributed by atoms with E-state index in [4.69, 9.17) is 10.3 Å². The van der Waals surface area contributed by atoms with Gasteiger partial charge in [-0.15, -0.1) is 0 Å². The number of carbonyl (C=O) groups excluding carboxylic acids is 1. The third kappa shape index (κ3) is 2.09. The molecule has 2 unspecified atom stereocenters. The highest BCUT2D eigenvalue weighted by molar-refractivity contribution is 5.91. The first-order chi connectivity index (χ1) is 7.72. The monoisotopic (exact) mass is 223 g/mol. The molecule has 1 aromatic heterocycles. The lowest BCUT2D eigenvalue weighted by atomic mass is 9.93. The van der Waals surface area contributed by atoms with Gasteiger partial charge in [-0.1, -0.05) is 5.16 Å². The van der Waals surface area contributed by atoms with Crippen LogP contribution in [-0.4, -0.2) is 35.1 Å². The quantitative estimate of drug-likeness (QED) is 0.807. The zero-order valence-electron chi connectivity index (χ0n) is 9.43. The summed E-state index contributed by atoms with van der Waals surface area (Å²) in [5.41, 5.74) is 5.66. The molecular formula is C11H17N3O2. The zero-order valence-corrected chi connectivity index (χ0v) is 9.43. The van der Waals surface area contributed by atoms with Crippen LogP contribution in [0.4, 0.5) is 0 Å². The molecule has 0 aromatic carbocycles. The molecule has 5 nitrogen and oxygen atoms in total. The van der Waals surface area contributed by atoms with Crippen molar-refractivity contribution < 1.29 is 9.32 Å². The first kappa shape index (κ1) is 11.1. The van der Waals surface area contributed by atoms with Crippen LogP contribution in [0.2, 0.25) is 0 Å². The number of carbonyl (C=O) groups is 1. The Balaban J connectivity index is 2.09. The van der Waals surface area contributed by atoms with Crippen molar-refractivity contribution in [3.8, 4) is 0 Å². The summed E-state index contributed by atoms with van der Waals surface area (Å²) in [4.78, 5) is 13.9. The molecule has 2 heterocycles. The van der Waals surface area contributed by atoms with Gasteiger partial charge in [-0.2, -0.15) is 0 Å². The topological polar surface area (TPSA) is 72.4 Å². The van der Waals surface area contributed by atoms with E-state index in [9.17, 15) is 4.79 Å². The maximum Gasteiger partial charge on any atom is 0.292 e. The molecule has 1 amide bonds. The number of nitrogens with zero attached hydrogens (tertiary/aromatic N) is 2. The number of amides is 1. The Labute approximate surface area is 94.6 Å². The minimum Gasteiger partial charge on any atom is -0.351 e. The number of piperidine rings is 1. The fourth-order valence-electron chi connectivity index (χ4n) is 2.13. The maximum absolute atomic E-state index is 12.1. The van der Waals surface area contributed by atoms with E-state index >= 15 is 0 Å². The predicted octanol–water partition coefficient (Wildman–Crippen LogP) is 0.874. The summed E-state index contributed by atoms with van der Waals surface area (Å²) < 4.78 is 4.89. The summed E-state index contributed by atoms with van der Waals surface area (Å²) in [6.07, 6.45) is 3.59. The molecule has 1 fully saturated rings. The second-order valence-corrected chi connectivity index (χ2v) is 4.36. The van der Waals surface area contributed by atoms with E-state index in [1.165, 1.54) is 6.20 Å². The molecule has 1 aromatic rings. The average molecular weight is 223 g/mol. The average Bonchev–Trinajstić information content (AvgIpc) is 2.82. The molecule has 1 aliphatic heterocycles. The van der Waals surface area contributed by atoms with Crippen LogP contribution in [-0.2, 0) is 0 Å². The number of hydrogen-bond acceptors (Lipinski definition) is 4. The van der Waals surface area contributed by atoms with Gasteiger partial charge in [-0.25, -0.2) is 0 Å². The minimum atomic E-state index is -0.0804. The number of aromatic nitrogens is 1. The summed E-state index contributed by atoms with van der Waals surface area (Å²) >= 11 is 0. The maximum atomic E-state index is 12.1. The number of nitrogens with two attached hydrogens (primary N) is 1. The molecule has 2 atom stereocenters. The SMILES string of the molecule is CC1CCC(CN)CN1C(=O)c1ccno1. The largest absolute Gasteiger partial charge is 0.351 e. The summed E-state index contributed by atoms with van der Waals surface area (Å²) in [7, 11) is 0. The Hall–Kier alpha value is -1.36. The van der Waals surface area contributed by atoms with Gasteiger partial charge in [-0.05, 0) is 32.2 Å². The first-order valence-electron chi connectivity index (χ1n) is 5.64. The van der Waals surface area contributed by atoms with Crippen LogP contribution < -0.4 is 5.73 Å². The molecule has 0 bridgehead atoms. The fraction of sp³-hybridized carbons (Fsp3) is 0.636. The van der Waals surface area contributed by atoms with Crippen LogP contribution in [0.15, 0.2) is 16.8 Å². The number of hydrogen-bond donors (Lipinski definition) is 1. The Morgan fingerprint density at radius 2 is 2.50 bits per heavy atom. The van der Waals surface area contributed by atoms with Gasteiger partial charge in [0.05, 0.1) is 6.20 Å². The Kier molecular flexibility index (Phi) is 3.24. The van der Waals surface area contributed by atoms with E-state index in [-0.39, 0.29) is 11.9 Å². The molecule has 16 heavy (non-hydrogen) atoms. The fourth-order valence-corrected chi connectivity index (χ4v) is 2.13. The molecular weight excluding hydrogens is 206 g/mol. The van der Waals surface area contributed by atoms with Gasteiger partial charge < -0.3 is 15.2 Å². The zero-order chi connectivity index (χ0) is 11.5. The molecule has 0 saturated carbocycles. The minimum absolute atomic E-state index is 0.0804. The predicted molar refractivity (Wildman–Crippen MR) is 58.8 cm³/mol. The Morgan fingerprint density at radius 3 is 3.12 bits per heavy atom. The van der Waals surface area contributed by atoms with E-state index in [1.807, 2.05) is 4.90 Å². The van der Waals surface area contributed by atoms with Crippen LogP contribution >= 0.6 is 0 Å². The van der Waals surface area contributed by atoms with Gasteiger partial charge in [0.1, 0.15) is 0 Å². The molecule has 2 N–H and O–H groups in total. The molecule has 88 valence electrons. The molecule has 1 saturated heterocycles. The highest BCUT2D eigenvalue weighted by Crippen LogP contribution is 2.22. The Morgan fingerprint density at radius 1 is 1.69 bits per heavy atom. The van der Waals surface area contributed by atoms with Crippen molar-refractivity contribution in [1.29, 1.82) is 0 Å². The van der Waals surface area contributed by atoms with E-state index in [2.05, 4.69) is 12.1 Å². The van der Waals surface area contributed by atoms with E-state index in [0.29, 0.717) is 18.2 Å². The normalized spacial score (nSPS) is 25.8. The number of likely N-dealkylation sites (tertiary alicyclic amines) is 1. The molecule has 2 rings (SSSR count). The van der Waals surface area contributed by atoms with Gasteiger partial charge in [0.25, 0.3) is 5.91 Å². The summed E-state index contributed by atoms with van der Waals surface area (Å²) in [6, 6.07) is 1.85. The standard InChI is InChI=1S/C11H17N3O2/c1-8-2-3-9(6-12)7-14(8)11(15)10-4-5-13-16-10/h4-5,8-9H,2-3,6-7,12H2,1H3. The third-order valence-corrected chi connectivity index (χ3v) is 3.22. The highest BCUT2D eigenvalue weighted by Gasteiger charge is 2.30. The molecule has 0 spiro atoms. The Bertz CT molecular complexity index is 350. The molecule has 5 heteroatoms. The van der Waals surface area contributed by atoms with E-state index < -0.39 is 0 Å².